The first-order valence-corrected chi connectivity index (χ1v) is 11.3. The van der Waals surface area contributed by atoms with E-state index in [1.165, 1.54) is 58.4 Å². The van der Waals surface area contributed by atoms with E-state index in [2.05, 4.69) is 10.3 Å². The number of thiophene rings is 2. The topological polar surface area (TPSA) is 84.3 Å². The lowest BCUT2D eigenvalue weighted by Crippen LogP contribution is -2.38. The molecule has 0 aliphatic heterocycles. The van der Waals surface area contributed by atoms with Gasteiger partial charge in [-0.25, -0.2) is 9.37 Å². The smallest absolute Gasteiger partial charge is 0.263 e. The highest BCUT2D eigenvalue weighted by molar-refractivity contribution is 7.19. The molecule has 32 heavy (non-hydrogen) atoms. The molecule has 0 fully saturated rings. The van der Waals surface area contributed by atoms with Crippen molar-refractivity contribution < 1.29 is 14.0 Å². The maximum Gasteiger partial charge on any atom is 0.263 e. The highest BCUT2D eigenvalue weighted by atomic mass is 32.1. The number of aryl methyl sites for hydroxylation is 1. The lowest BCUT2D eigenvalue weighted by molar-refractivity contribution is -0.133. The molecule has 0 saturated carbocycles. The summed E-state index contributed by atoms with van der Waals surface area (Å²) in [5.41, 5.74) is 0.946. The van der Waals surface area contributed by atoms with Gasteiger partial charge in [-0.05, 0) is 43.3 Å². The zero-order valence-corrected chi connectivity index (χ0v) is 18.9. The zero-order chi connectivity index (χ0) is 22.8. The molecule has 0 unspecified atom stereocenters. The van der Waals surface area contributed by atoms with Crippen molar-refractivity contribution in [3.05, 3.63) is 69.2 Å². The number of carbonyl (C=O) groups is 2. The van der Waals surface area contributed by atoms with Crippen LogP contribution < -0.4 is 10.9 Å². The molecule has 1 N–H and O–H groups in total. The van der Waals surface area contributed by atoms with Crippen molar-refractivity contribution in [2.45, 2.75) is 13.5 Å². The summed E-state index contributed by atoms with van der Waals surface area (Å²) in [5, 5.41) is 5.00. The predicted octanol–water partition coefficient (Wildman–Crippen LogP) is 3.73. The number of amides is 2. The monoisotopic (exact) mass is 470 g/mol. The van der Waals surface area contributed by atoms with Crippen molar-refractivity contribution >= 4 is 50.4 Å². The molecule has 1 aromatic carbocycles. The summed E-state index contributed by atoms with van der Waals surface area (Å²) in [6.45, 7) is 1.56. The van der Waals surface area contributed by atoms with Crippen molar-refractivity contribution in [1.29, 1.82) is 0 Å². The van der Waals surface area contributed by atoms with Crippen molar-refractivity contribution in [3.63, 3.8) is 0 Å². The van der Waals surface area contributed by atoms with Gasteiger partial charge in [0.25, 0.3) is 5.56 Å². The first kappa shape index (κ1) is 21.8. The number of aromatic nitrogens is 2. The Bertz CT molecular complexity index is 1360. The number of hydrogen-bond donors (Lipinski definition) is 1. The van der Waals surface area contributed by atoms with Crippen LogP contribution in [0.5, 0.6) is 0 Å². The highest BCUT2D eigenvalue weighted by Gasteiger charge is 2.18. The number of benzene rings is 1. The first-order valence-electron chi connectivity index (χ1n) is 9.64. The zero-order valence-electron chi connectivity index (χ0n) is 17.3. The van der Waals surface area contributed by atoms with Crippen LogP contribution in [0.2, 0.25) is 0 Å². The third-order valence-electron chi connectivity index (χ3n) is 4.81. The van der Waals surface area contributed by atoms with Crippen molar-refractivity contribution in [2.75, 3.05) is 18.9 Å². The van der Waals surface area contributed by atoms with Crippen LogP contribution in [0.3, 0.4) is 0 Å². The number of carbonyl (C=O) groups excluding carboxylic acids is 2. The number of anilines is 1. The first-order chi connectivity index (χ1) is 15.3. The summed E-state index contributed by atoms with van der Waals surface area (Å²) in [7, 11) is 1.48. The van der Waals surface area contributed by atoms with Gasteiger partial charge in [-0.1, -0.05) is 0 Å². The third-order valence-corrected chi connectivity index (χ3v) is 6.73. The lowest BCUT2D eigenvalue weighted by atomic mass is 10.2. The van der Waals surface area contributed by atoms with Gasteiger partial charge >= 0.3 is 0 Å². The Morgan fingerprint density at radius 3 is 2.62 bits per heavy atom. The molecule has 0 bridgehead atoms. The Morgan fingerprint density at radius 2 is 1.94 bits per heavy atom. The number of halogens is 1. The average Bonchev–Trinajstić information content (AvgIpc) is 3.38. The molecule has 7 nitrogen and oxygen atoms in total. The fourth-order valence-electron chi connectivity index (χ4n) is 3.14. The number of fused-ring (bicyclic) bond motifs is 1. The summed E-state index contributed by atoms with van der Waals surface area (Å²) in [6, 6.07) is 9.29. The van der Waals surface area contributed by atoms with E-state index in [0.717, 1.165) is 15.3 Å². The molecule has 0 aliphatic carbocycles. The molecule has 0 spiro atoms. The SMILES string of the molecule is Cc1ccc(-c2csc3ncn(CC(=O)N(C)CC(=O)Nc4ccc(F)cc4)c(=O)c23)s1. The summed E-state index contributed by atoms with van der Waals surface area (Å²) < 4.78 is 14.2. The fraction of sp³-hybridized carbons (Fsp3) is 0.182. The largest absolute Gasteiger partial charge is 0.335 e. The normalized spacial score (nSPS) is 11.0. The molecule has 164 valence electrons. The molecule has 3 heterocycles. The Kier molecular flexibility index (Phi) is 6.15. The summed E-state index contributed by atoms with van der Waals surface area (Å²) in [6.07, 6.45) is 1.36. The second kappa shape index (κ2) is 9.01. The van der Waals surface area contributed by atoms with Crippen LogP contribution in [0, 0.1) is 12.7 Å². The number of hydrogen-bond acceptors (Lipinski definition) is 6. The van der Waals surface area contributed by atoms with Crippen molar-refractivity contribution in [3.8, 4) is 10.4 Å². The molecule has 0 aliphatic rings. The highest BCUT2D eigenvalue weighted by Crippen LogP contribution is 2.34. The van der Waals surface area contributed by atoms with E-state index in [1.807, 2.05) is 24.4 Å². The molecule has 10 heteroatoms. The van der Waals surface area contributed by atoms with E-state index in [-0.39, 0.29) is 18.6 Å². The van der Waals surface area contributed by atoms with Crippen LogP contribution in [0.1, 0.15) is 4.88 Å². The molecule has 0 saturated heterocycles. The molecular weight excluding hydrogens is 451 g/mol. The second-order valence-corrected chi connectivity index (χ2v) is 9.37. The molecular formula is C22H19FN4O3S2. The quantitative estimate of drug-likeness (QED) is 0.465. The molecule has 4 rings (SSSR count). The number of nitrogens with zero attached hydrogens (tertiary/aromatic N) is 3. The van der Waals surface area contributed by atoms with Gasteiger partial charge < -0.3 is 10.2 Å². The van der Waals surface area contributed by atoms with E-state index < -0.39 is 17.6 Å². The van der Waals surface area contributed by atoms with Gasteiger partial charge in [0.05, 0.1) is 18.3 Å². The van der Waals surface area contributed by atoms with Crippen LogP contribution >= 0.6 is 22.7 Å². The standard InChI is InChI=1S/C22H19FN4O3S2/c1-13-3-8-17(32-13)16-11-31-21-20(16)22(30)27(12-24-21)10-19(29)26(2)9-18(28)25-15-6-4-14(23)5-7-15/h3-8,11-12H,9-10H2,1-2H3,(H,25,28). The fourth-order valence-corrected chi connectivity index (χ4v) is 5.01. The Labute approximate surface area is 190 Å². The molecule has 0 atom stereocenters. The van der Waals surface area contributed by atoms with Crippen LogP contribution in [0.4, 0.5) is 10.1 Å². The Balaban J connectivity index is 1.48. The average molecular weight is 471 g/mol. The summed E-state index contributed by atoms with van der Waals surface area (Å²) in [5.74, 6) is -1.25. The van der Waals surface area contributed by atoms with E-state index in [9.17, 15) is 18.8 Å². The van der Waals surface area contributed by atoms with Crippen LogP contribution in [-0.4, -0.2) is 39.9 Å². The lowest BCUT2D eigenvalue weighted by Gasteiger charge is -2.17. The molecule has 4 aromatic rings. The van der Waals surface area contributed by atoms with E-state index in [1.54, 1.807) is 11.3 Å². The van der Waals surface area contributed by atoms with E-state index >= 15 is 0 Å². The van der Waals surface area contributed by atoms with Gasteiger partial charge in [0.2, 0.25) is 11.8 Å². The minimum absolute atomic E-state index is 0.210. The maximum atomic E-state index is 13.1. The number of rotatable bonds is 6. The minimum Gasteiger partial charge on any atom is -0.335 e. The predicted molar refractivity (Wildman–Crippen MR) is 125 cm³/mol. The maximum absolute atomic E-state index is 13.1. The number of nitrogens with one attached hydrogen (secondary N) is 1. The molecule has 0 radical (unpaired) electrons. The van der Waals surface area contributed by atoms with Gasteiger partial charge in [-0.3, -0.25) is 19.0 Å². The van der Waals surface area contributed by atoms with E-state index in [4.69, 9.17) is 0 Å². The minimum atomic E-state index is -0.429. The Morgan fingerprint density at radius 1 is 1.19 bits per heavy atom. The van der Waals surface area contributed by atoms with E-state index in [0.29, 0.717) is 15.9 Å². The van der Waals surface area contributed by atoms with Gasteiger partial charge in [-0.15, -0.1) is 22.7 Å². The van der Waals surface area contributed by atoms with Gasteiger partial charge in [-0.2, -0.15) is 0 Å². The van der Waals surface area contributed by atoms with Crippen molar-refractivity contribution in [1.82, 2.24) is 14.5 Å². The van der Waals surface area contributed by atoms with Crippen LogP contribution in [0.25, 0.3) is 20.7 Å². The van der Waals surface area contributed by atoms with Gasteiger partial charge in [0.15, 0.2) is 0 Å². The molecule has 3 aromatic heterocycles. The molecule has 2 amide bonds. The third kappa shape index (κ3) is 4.61. The number of likely N-dealkylation sites (N-methyl/N-ethyl adjacent to an activating group) is 1. The van der Waals surface area contributed by atoms with Gasteiger partial charge in [0.1, 0.15) is 17.2 Å². The van der Waals surface area contributed by atoms with Crippen LogP contribution in [-0.2, 0) is 16.1 Å². The summed E-state index contributed by atoms with van der Waals surface area (Å²) in [4.78, 5) is 46.2. The Hall–Kier alpha value is -3.37. The second-order valence-electron chi connectivity index (χ2n) is 7.22. The summed E-state index contributed by atoms with van der Waals surface area (Å²) >= 11 is 2.98. The van der Waals surface area contributed by atoms with Crippen molar-refractivity contribution in [2.24, 2.45) is 0 Å². The van der Waals surface area contributed by atoms with Gasteiger partial charge in [0, 0.05) is 33.4 Å². The van der Waals surface area contributed by atoms with Crippen LogP contribution in [0.15, 0.2) is 52.9 Å².